The number of carbonyl (C=O) groups is 1. The monoisotopic (exact) mass is 397 g/mol. The lowest BCUT2D eigenvalue weighted by atomic mass is 10.3. The molecular formula is C19H35N5O4. The molecule has 1 aromatic heterocycles. The molecule has 0 saturated carbocycles. The number of rotatable bonds is 13. The first-order valence-electron chi connectivity index (χ1n) is 10.0. The summed E-state index contributed by atoms with van der Waals surface area (Å²) in [5, 5.41) is 0. The Morgan fingerprint density at radius 1 is 1.11 bits per heavy atom. The number of nitrogens with zero attached hydrogens (tertiary/aromatic N) is 3. The van der Waals surface area contributed by atoms with Crippen LogP contribution in [0, 0.1) is 0 Å². The molecule has 0 fully saturated rings. The zero-order valence-corrected chi connectivity index (χ0v) is 17.6. The number of amides is 1. The van der Waals surface area contributed by atoms with E-state index in [0.29, 0.717) is 6.54 Å². The average molecular weight is 398 g/mol. The molecule has 3 N–H and O–H groups in total. The van der Waals surface area contributed by atoms with Gasteiger partial charge >= 0.3 is 5.69 Å². The molecule has 0 radical (unpaired) electrons. The Hall–Kier alpha value is -2.13. The number of aromatic amines is 1. The molecule has 1 amide bonds. The van der Waals surface area contributed by atoms with Crippen molar-refractivity contribution in [3.8, 4) is 0 Å². The van der Waals surface area contributed by atoms with Crippen LogP contribution in [0.4, 0.5) is 11.5 Å². The molecule has 1 rings (SSSR count). The first-order valence-corrected chi connectivity index (χ1v) is 10.0. The molecule has 28 heavy (non-hydrogen) atoms. The van der Waals surface area contributed by atoms with E-state index in [1.165, 1.54) is 16.6 Å². The first-order chi connectivity index (χ1) is 13.4. The fourth-order valence-electron chi connectivity index (χ4n) is 3.10. The van der Waals surface area contributed by atoms with Crippen molar-refractivity contribution in [3.05, 3.63) is 20.8 Å². The second-order valence-electron chi connectivity index (χ2n) is 6.81. The predicted octanol–water partition coefficient (Wildman–Crippen LogP) is 1.02. The van der Waals surface area contributed by atoms with Crippen LogP contribution in [0.25, 0.3) is 0 Å². The van der Waals surface area contributed by atoms with Crippen LogP contribution in [0.3, 0.4) is 0 Å². The molecule has 1 heterocycles. The Labute approximate surface area is 166 Å². The van der Waals surface area contributed by atoms with Crippen LogP contribution >= 0.6 is 0 Å². The molecule has 0 aromatic carbocycles. The van der Waals surface area contributed by atoms with Crippen molar-refractivity contribution in [2.45, 2.75) is 53.0 Å². The molecule has 0 unspecified atom stereocenters. The summed E-state index contributed by atoms with van der Waals surface area (Å²) >= 11 is 0. The highest BCUT2D eigenvalue weighted by atomic mass is 16.5. The highest BCUT2D eigenvalue weighted by molar-refractivity contribution is 5.96. The van der Waals surface area contributed by atoms with Gasteiger partial charge in [-0.2, -0.15) is 0 Å². The highest BCUT2D eigenvalue weighted by Gasteiger charge is 2.25. The lowest BCUT2D eigenvalue weighted by molar-refractivity contribution is -0.120. The third-order valence-electron chi connectivity index (χ3n) is 4.48. The van der Waals surface area contributed by atoms with Gasteiger partial charge in [-0.15, -0.1) is 0 Å². The first kappa shape index (κ1) is 23.9. The zero-order chi connectivity index (χ0) is 21.1. The van der Waals surface area contributed by atoms with Crippen LogP contribution in [0.2, 0.25) is 0 Å². The maximum atomic E-state index is 13.1. The third kappa shape index (κ3) is 6.49. The van der Waals surface area contributed by atoms with Crippen molar-refractivity contribution < 1.29 is 9.53 Å². The van der Waals surface area contributed by atoms with Gasteiger partial charge in [0.05, 0.1) is 13.2 Å². The summed E-state index contributed by atoms with van der Waals surface area (Å²) in [6, 6.07) is 0. The minimum Gasteiger partial charge on any atom is -0.383 e. The van der Waals surface area contributed by atoms with Crippen LogP contribution in [0.1, 0.15) is 46.5 Å². The van der Waals surface area contributed by atoms with E-state index in [-0.39, 0.29) is 37.1 Å². The molecule has 1 aromatic rings. The van der Waals surface area contributed by atoms with Gasteiger partial charge in [-0.25, -0.2) is 4.79 Å². The van der Waals surface area contributed by atoms with Crippen LogP contribution < -0.4 is 21.9 Å². The number of unbranched alkanes of at least 4 members (excludes halogenated alkanes) is 1. The molecule has 0 bridgehead atoms. The number of ether oxygens (including phenoxy) is 1. The van der Waals surface area contributed by atoms with Gasteiger partial charge in [0.1, 0.15) is 5.82 Å². The summed E-state index contributed by atoms with van der Waals surface area (Å²) in [4.78, 5) is 43.5. The number of aromatic nitrogens is 2. The maximum absolute atomic E-state index is 13.1. The zero-order valence-electron chi connectivity index (χ0n) is 17.6. The van der Waals surface area contributed by atoms with Gasteiger partial charge in [0, 0.05) is 20.2 Å². The normalized spacial score (nSPS) is 11.2. The predicted molar refractivity (Wildman–Crippen MR) is 112 cm³/mol. The number of hydrogen-bond donors (Lipinski definition) is 2. The summed E-state index contributed by atoms with van der Waals surface area (Å²) in [6.45, 7) is 8.69. The van der Waals surface area contributed by atoms with Crippen molar-refractivity contribution in [2.24, 2.45) is 0 Å². The van der Waals surface area contributed by atoms with Gasteiger partial charge in [-0.3, -0.25) is 24.0 Å². The van der Waals surface area contributed by atoms with Gasteiger partial charge in [-0.05, 0) is 32.4 Å². The van der Waals surface area contributed by atoms with Crippen molar-refractivity contribution in [2.75, 3.05) is 50.5 Å². The molecule has 0 aliphatic rings. The van der Waals surface area contributed by atoms with E-state index in [1.54, 1.807) is 0 Å². The van der Waals surface area contributed by atoms with E-state index >= 15 is 0 Å². The van der Waals surface area contributed by atoms with Crippen molar-refractivity contribution in [1.29, 1.82) is 0 Å². The summed E-state index contributed by atoms with van der Waals surface area (Å²) in [7, 11) is 1.53. The van der Waals surface area contributed by atoms with Crippen molar-refractivity contribution >= 4 is 17.4 Å². The van der Waals surface area contributed by atoms with Crippen LogP contribution in [0.5, 0.6) is 0 Å². The van der Waals surface area contributed by atoms with Crippen LogP contribution in [0.15, 0.2) is 9.59 Å². The summed E-state index contributed by atoms with van der Waals surface area (Å²) in [5.74, 6) is -0.221. The van der Waals surface area contributed by atoms with Crippen molar-refractivity contribution in [1.82, 2.24) is 14.5 Å². The number of nitrogen functional groups attached to an aromatic ring is 1. The largest absolute Gasteiger partial charge is 0.383 e. The molecule has 9 nitrogen and oxygen atoms in total. The Morgan fingerprint density at radius 2 is 1.75 bits per heavy atom. The van der Waals surface area contributed by atoms with Crippen molar-refractivity contribution in [3.63, 3.8) is 0 Å². The quantitative estimate of drug-likeness (QED) is 0.514. The fourth-order valence-corrected chi connectivity index (χ4v) is 3.10. The SMILES string of the molecule is CCCCn1c(N)c(N(CCOC)C(=O)CN(CCC)CCC)c(=O)[nH]c1=O. The second-order valence-corrected chi connectivity index (χ2v) is 6.81. The lowest BCUT2D eigenvalue weighted by Gasteiger charge is -2.28. The molecular weight excluding hydrogens is 362 g/mol. The smallest absolute Gasteiger partial charge is 0.330 e. The molecule has 0 saturated heterocycles. The lowest BCUT2D eigenvalue weighted by Crippen LogP contribution is -2.46. The molecule has 0 aliphatic heterocycles. The number of nitrogens with one attached hydrogen (secondary N) is 1. The number of nitrogens with two attached hydrogens (primary N) is 1. The second kappa shape index (κ2) is 12.4. The van der Waals surface area contributed by atoms with E-state index in [0.717, 1.165) is 38.8 Å². The third-order valence-corrected chi connectivity index (χ3v) is 4.48. The maximum Gasteiger partial charge on any atom is 0.330 e. The van der Waals surface area contributed by atoms with Gasteiger partial charge in [-0.1, -0.05) is 27.2 Å². The Bertz CT molecular complexity index is 722. The summed E-state index contributed by atoms with van der Waals surface area (Å²) < 4.78 is 6.44. The molecule has 9 heteroatoms. The minimum atomic E-state index is -0.655. The van der Waals surface area contributed by atoms with E-state index in [4.69, 9.17) is 10.5 Å². The fraction of sp³-hybridized carbons (Fsp3) is 0.737. The van der Waals surface area contributed by atoms with Gasteiger partial charge in [0.2, 0.25) is 5.91 Å². The van der Waals surface area contributed by atoms with Gasteiger partial charge in [0.15, 0.2) is 5.69 Å². The number of carbonyl (C=O) groups excluding carboxylic acids is 1. The summed E-state index contributed by atoms with van der Waals surface area (Å²) in [6.07, 6.45) is 3.46. The molecule has 0 atom stereocenters. The van der Waals surface area contributed by atoms with E-state index < -0.39 is 11.2 Å². The number of methoxy groups -OCH3 is 1. The molecule has 0 spiro atoms. The standard InChI is InChI=1S/C19H35N5O4/c1-5-8-11-24-17(20)16(18(26)21-19(24)27)23(12-13-28-4)15(25)14-22(9-6-2)10-7-3/h5-14,20H2,1-4H3,(H,21,26,27). The Balaban J connectivity index is 3.30. The number of anilines is 2. The Morgan fingerprint density at radius 3 is 2.29 bits per heavy atom. The topological polar surface area (TPSA) is 114 Å². The number of hydrogen-bond acceptors (Lipinski definition) is 6. The molecule has 0 aliphatic carbocycles. The van der Waals surface area contributed by atoms with E-state index in [9.17, 15) is 14.4 Å². The summed E-state index contributed by atoms with van der Waals surface area (Å²) in [5.41, 5.74) is 4.98. The average Bonchev–Trinajstić information content (AvgIpc) is 2.64. The minimum absolute atomic E-state index is 0.0178. The Kier molecular flexibility index (Phi) is 10.5. The molecule has 160 valence electrons. The number of H-pyrrole nitrogens is 1. The van der Waals surface area contributed by atoms with E-state index in [1.807, 2.05) is 6.92 Å². The van der Waals surface area contributed by atoms with E-state index in [2.05, 4.69) is 23.7 Å². The highest BCUT2D eigenvalue weighted by Crippen LogP contribution is 2.17. The van der Waals surface area contributed by atoms with Crippen LogP contribution in [-0.4, -0.2) is 60.3 Å². The van der Waals surface area contributed by atoms with Crippen LogP contribution in [-0.2, 0) is 16.1 Å². The van der Waals surface area contributed by atoms with Gasteiger partial charge in [0.25, 0.3) is 5.56 Å². The van der Waals surface area contributed by atoms with Gasteiger partial charge < -0.3 is 15.4 Å².